The summed E-state index contributed by atoms with van der Waals surface area (Å²) < 4.78 is 26.8. The van der Waals surface area contributed by atoms with E-state index in [9.17, 15) is 13.2 Å². The van der Waals surface area contributed by atoms with Gasteiger partial charge in [-0.2, -0.15) is 4.31 Å². The summed E-state index contributed by atoms with van der Waals surface area (Å²) in [6.07, 6.45) is 3.44. The van der Waals surface area contributed by atoms with Crippen LogP contribution in [0, 0.1) is 5.92 Å². The van der Waals surface area contributed by atoms with Crippen LogP contribution in [-0.2, 0) is 14.8 Å². The third-order valence-electron chi connectivity index (χ3n) is 4.05. The molecule has 0 radical (unpaired) electrons. The van der Waals surface area contributed by atoms with Crippen LogP contribution in [0.1, 0.15) is 39.5 Å². The first-order chi connectivity index (χ1) is 10.9. The lowest BCUT2D eigenvalue weighted by molar-refractivity contribution is -0.119. The van der Waals surface area contributed by atoms with Gasteiger partial charge in [-0.3, -0.25) is 4.79 Å². The Labute approximate surface area is 143 Å². The lowest BCUT2D eigenvalue weighted by atomic mass is 10.1. The van der Waals surface area contributed by atoms with Crippen LogP contribution in [0.25, 0.3) is 0 Å². The molecule has 1 amide bonds. The number of hydrogen-bond acceptors (Lipinski definition) is 3. The minimum absolute atomic E-state index is 0.0574. The van der Waals surface area contributed by atoms with Crippen LogP contribution < -0.4 is 5.32 Å². The maximum absolute atomic E-state index is 12.7. The predicted molar refractivity (Wildman–Crippen MR) is 92.1 cm³/mol. The van der Waals surface area contributed by atoms with E-state index in [0.29, 0.717) is 18.8 Å². The second-order valence-corrected chi connectivity index (χ2v) is 8.25. The monoisotopic (exact) mass is 358 g/mol. The van der Waals surface area contributed by atoms with E-state index in [2.05, 4.69) is 5.32 Å². The number of benzene rings is 1. The molecule has 1 aliphatic rings. The predicted octanol–water partition coefficient (Wildman–Crippen LogP) is 3.50. The van der Waals surface area contributed by atoms with Gasteiger partial charge in [-0.15, -0.1) is 0 Å². The summed E-state index contributed by atoms with van der Waals surface area (Å²) in [4.78, 5) is 12.2. The molecule has 0 aliphatic carbocycles. The van der Waals surface area contributed by atoms with E-state index in [-0.39, 0.29) is 21.7 Å². The van der Waals surface area contributed by atoms with Crippen molar-refractivity contribution in [2.75, 3.05) is 18.4 Å². The lowest BCUT2D eigenvalue weighted by Crippen LogP contribution is -2.28. The molecule has 2 rings (SSSR count). The highest BCUT2D eigenvalue weighted by molar-refractivity contribution is 7.89. The zero-order chi connectivity index (χ0) is 17.0. The summed E-state index contributed by atoms with van der Waals surface area (Å²) in [6, 6.07) is 4.60. The van der Waals surface area contributed by atoms with Gasteiger partial charge in [0.15, 0.2) is 0 Å². The summed E-state index contributed by atoms with van der Waals surface area (Å²) in [5.41, 5.74) is 0.458. The first kappa shape index (κ1) is 18.2. The molecule has 0 spiro atoms. The van der Waals surface area contributed by atoms with Crippen molar-refractivity contribution in [3.05, 3.63) is 23.2 Å². The topological polar surface area (TPSA) is 66.5 Å². The fourth-order valence-corrected chi connectivity index (χ4v) is 4.69. The number of anilines is 1. The van der Waals surface area contributed by atoms with Crippen molar-refractivity contribution in [3.8, 4) is 0 Å². The molecule has 7 heteroatoms. The second-order valence-electron chi connectivity index (χ2n) is 5.94. The highest BCUT2D eigenvalue weighted by Gasteiger charge is 2.29. The number of halogens is 1. The largest absolute Gasteiger partial charge is 0.326 e. The van der Waals surface area contributed by atoms with Crippen molar-refractivity contribution in [3.63, 3.8) is 0 Å². The smallest absolute Gasteiger partial charge is 0.244 e. The molecule has 0 aromatic heterocycles. The van der Waals surface area contributed by atoms with Crippen LogP contribution in [0.2, 0.25) is 5.02 Å². The number of rotatable bonds is 6. The van der Waals surface area contributed by atoms with Gasteiger partial charge >= 0.3 is 0 Å². The molecule has 1 aromatic carbocycles. The zero-order valence-electron chi connectivity index (χ0n) is 13.5. The molecule has 1 N–H and O–H groups in total. The van der Waals surface area contributed by atoms with Gasteiger partial charge in [0.25, 0.3) is 0 Å². The molecule has 1 aromatic rings. The van der Waals surface area contributed by atoms with Gasteiger partial charge in [0.05, 0.1) is 5.02 Å². The Morgan fingerprint density at radius 3 is 2.61 bits per heavy atom. The van der Waals surface area contributed by atoms with Crippen LogP contribution in [0.5, 0.6) is 0 Å². The maximum Gasteiger partial charge on any atom is 0.244 e. The third kappa shape index (κ3) is 4.25. The molecule has 23 heavy (non-hydrogen) atoms. The standard InChI is InChI=1S/C16H23ClN2O3S/c1-3-6-12(2)16(20)18-13-7-8-14(17)15(11-13)23(21,22)19-9-4-5-10-19/h7-8,11-12H,3-6,9-10H2,1-2H3,(H,18,20). The quantitative estimate of drug-likeness (QED) is 0.846. The van der Waals surface area contributed by atoms with Crippen LogP contribution >= 0.6 is 11.6 Å². The molecule has 1 heterocycles. The van der Waals surface area contributed by atoms with Crippen LogP contribution in [0.3, 0.4) is 0 Å². The van der Waals surface area contributed by atoms with E-state index >= 15 is 0 Å². The molecule has 128 valence electrons. The summed E-state index contributed by atoms with van der Waals surface area (Å²) in [5.74, 6) is -0.229. The van der Waals surface area contributed by atoms with Crippen molar-refractivity contribution in [1.29, 1.82) is 0 Å². The normalized spacial score (nSPS) is 17.2. The number of amides is 1. The number of nitrogens with zero attached hydrogens (tertiary/aromatic N) is 1. The number of carbonyl (C=O) groups is 1. The summed E-state index contributed by atoms with van der Waals surface area (Å²) in [6.45, 7) is 4.91. The second kappa shape index (κ2) is 7.64. The Morgan fingerprint density at radius 1 is 1.35 bits per heavy atom. The van der Waals surface area contributed by atoms with E-state index < -0.39 is 10.0 Å². The summed E-state index contributed by atoms with van der Waals surface area (Å²) in [7, 11) is -3.61. The fourth-order valence-electron chi connectivity index (χ4n) is 2.68. The molecule has 1 saturated heterocycles. The van der Waals surface area contributed by atoms with E-state index in [1.54, 1.807) is 6.07 Å². The number of carbonyl (C=O) groups excluding carboxylic acids is 1. The van der Waals surface area contributed by atoms with E-state index in [1.807, 2.05) is 13.8 Å². The van der Waals surface area contributed by atoms with Gasteiger partial charge in [0.2, 0.25) is 15.9 Å². The molecular weight excluding hydrogens is 336 g/mol. The van der Waals surface area contributed by atoms with Crippen LogP contribution in [0.15, 0.2) is 23.1 Å². The minimum atomic E-state index is -3.61. The fraction of sp³-hybridized carbons (Fsp3) is 0.562. The van der Waals surface area contributed by atoms with Gasteiger partial charge in [-0.05, 0) is 37.5 Å². The summed E-state index contributed by atoms with van der Waals surface area (Å²) >= 11 is 6.09. The Morgan fingerprint density at radius 2 is 2.00 bits per heavy atom. The third-order valence-corrected chi connectivity index (χ3v) is 6.43. The molecule has 1 unspecified atom stereocenters. The van der Waals surface area contributed by atoms with Crippen molar-refractivity contribution in [2.24, 2.45) is 5.92 Å². The molecular formula is C16H23ClN2O3S. The van der Waals surface area contributed by atoms with Gasteiger partial charge in [-0.25, -0.2) is 8.42 Å². The minimum Gasteiger partial charge on any atom is -0.326 e. The molecule has 5 nitrogen and oxygen atoms in total. The Balaban J connectivity index is 2.24. The van der Waals surface area contributed by atoms with Crippen molar-refractivity contribution in [2.45, 2.75) is 44.4 Å². The van der Waals surface area contributed by atoms with Crippen molar-refractivity contribution < 1.29 is 13.2 Å². The molecule has 1 aliphatic heterocycles. The lowest BCUT2D eigenvalue weighted by Gasteiger charge is -2.18. The van der Waals surface area contributed by atoms with Gasteiger partial charge in [0, 0.05) is 24.7 Å². The van der Waals surface area contributed by atoms with Gasteiger partial charge in [0.1, 0.15) is 4.90 Å². The SMILES string of the molecule is CCCC(C)C(=O)Nc1ccc(Cl)c(S(=O)(=O)N2CCCC2)c1. The van der Waals surface area contributed by atoms with E-state index in [4.69, 9.17) is 11.6 Å². The zero-order valence-corrected chi connectivity index (χ0v) is 15.1. The van der Waals surface area contributed by atoms with Gasteiger partial charge < -0.3 is 5.32 Å². The molecule has 1 fully saturated rings. The number of nitrogens with one attached hydrogen (secondary N) is 1. The highest BCUT2D eigenvalue weighted by Crippen LogP contribution is 2.29. The summed E-state index contributed by atoms with van der Waals surface area (Å²) in [5, 5.41) is 2.95. The van der Waals surface area contributed by atoms with Crippen LogP contribution in [-0.4, -0.2) is 31.7 Å². The van der Waals surface area contributed by atoms with Gasteiger partial charge in [-0.1, -0.05) is 31.9 Å². The molecule has 1 atom stereocenters. The Bertz CT molecular complexity index is 670. The van der Waals surface area contributed by atoms with Crippen molar-refractivity contribution in [1.82, 2.24) is 4.31 Å². The molecule has 0 bridgehead atoms. The van der Waals surface area contributed by atoms with E-state index in [0.717, 1.165) is 25.7 Å². The molecule has 0 saturated carbocycles. The number of sulfonamides is 1. The highest BCUT2D eigenvalue weighted by atomic mass is 35.5. The first-order valence-electron chi connectivity index (χ1n) is 7.97. The Hall–Kier alpha value is -1.11. The van der Waals surface area contributed by atoms with Crippen molar-refractivity contribution >= 4 is 33.2 Å². The Kier molecular flexibility index (Phi) is 6.06. The first-order valence-corrected chi connectivity index (χ1v) is 9.78. The van der Waals surface area contributed by atoms with Crippen LogP contribution in [0.4, 0.5) is 5.69 Å². The maximum atomic E-state index is 12.7. The van der Waals surface area contributed by atoms with E-state index in [1.165, 1.54) is 16.4 Å². The number of hydrogen-bond donors (Lipinski definition) is 1. The average Bonchev–Trinajstić information content (AvgIpc) is 3.04. The average molecular weight is 359 g/mol.